The molecule has 88 valence electrons. The SMILES string of the molecule is Cc1nc2c3c(sc2c(=O)[nH]1)C(=O)NCCS3. The lowest BCUT2D eigenvalue weighted by atomic mass is 10.4. The molecule has 5 nitrogen and oxygen atoms in total. The summed E-state index contributed by atoms with van der Waals surface area (Å²) in [4.78, 5) is 32.0. The van der Waals surface area contributed by atoms with Crippen LogP contribution in [0.5, 0.6) is 0 Å². The van der Waals surface area contributed by atoms with Crippen LogP contribution in [0.3, 0.4) is 0 Å². The lowest BCUT2D eigenvalue weighted by Gasteiger charge is -1.97. The topological polar surface area (TPSA) is 74.8 Å². The molecule has 0 saturated heterocycles. The van der Waals surface area contributed by atoms with Gasteiger partial charge in [-0.05, 0) is 6.92 Å². The third-order valence-corrected chi connectivity index (χ3v) is 4.86. The molecule has 0 unspecified atom stereocenters. The van der Waals surface area contributed by atoms with E-state index in [0.29, 0.717) is 27.5 Å². The van der Waals surface area contributed by atoms with Crippen LogP contribution in [0.2, 0.25) is 0 Å². The Labute approximate surface area is 105 Å². The van der Waals surface area contributed by atoms with Gasteiger partial charge >= 0.3 is 0 Å². The monoisotopic (exact) mass is 267 g/mol. The number of nitrogens with zero attached hydrogens (tertiary/aromatic N) is 1. The van der Waals surface area contributed by atoms with E-state index < -0.39 is 0 Å². The van der Waals surface area contributed by atoms with Crippen molar-refractivity contribution in [2.75, 3.05) is 12.3 Å². The fourth-order valence-corrected chi connectivity index (χ4v) is 3.99. The maximum absolute atomic E-state index is 11.8. The summed E-state index contributed by atoms with van der Waals surface area (Å²) in [7, 11) is 0. The number of nitrogens with one attached hydrogen (secondary N) is 2. The summed E-state index contributed by atoms with van der Waals surface area (Å²) >= 11 is 2.80. The van der Waals surface area contributed by atoms with Gasteiger partial charge in [0.15, 0.2) is 0 Å². The number of aromatic amines is 1. The highest BCUT2D eigenvalue weighted by Gasteiger charge is 2.23. The second-order valence-electron chi connectivity index (χ2n) is 3.69. The predicted octanol–water partition coefficient (Wildman–Crippen LogP) is 1.13. The van der Waals surface area contributed by atoms with E-state index in [1.54, 1.807) is 18.7 Å². The zero-order valence-corrected chi connectivity index (χ0v) is 10.6. The largest absolute Gasteiger partial charge is 0.350 e. The van der Waals surface area contributed by atoms with Crippen molar-refractivity contribution in [2.24, 2.45) is 0 Å². The first kappa shape index (κ1) is 10.8. The number of hydrogen-bond donors (Lipinski definition) is 2. The third kappa shape index (κ3) is 1.66. The van der Waals surface area contributed by atoms with Crippen molar-refractivity contribution in [3.63, 3.8) is 0 Å². The molecule has 3 rings (SSSR count). The van der Waals surface area contributed by atoms with E-state index in [0.717, 1.165) is 10.6 Å². The fourth-order valence-electron chi connectivity index (χ4n) is 1.76. The van der Waals surface area contributed by atoms with Gasteiger partial charge < -0.3 is 10.3 Å². The van der Waals surface area contributed by atoms with Crippen molar-refractivity contribution >= 4 is 39.2 Å². The van der Waals surface area contributed by atoms with Crippen LogP contribution >= 0.6 is 23.1 Å². The standard InChI is InChI=1S/C10H9N3O2S2/c1-4-12-5-6-8(9(14)11-2-3-16-6)17-7(5)10(15)13-4/h2-3H2,1H3,(H,11,14)(H,12,13,15). The predicted molar refractivity (Wildman–Crippen MR) is 68.0 cm³/mol. The Balaban J connectivity index is 2.39. The molecule has 0 saturated carbocycles. The summed E-state index contributed by atoms with van der Waals surface area (Å²) in [6.45, 7) is 2.39. The Kier molecular flexibility index (Phi) is 2.44. The Hall–Kier alpha value is -1.34. The van der Waals surface area contributed by atoms with Crippen LogP contribution in [0.15, 0.2) is 9.69 Å². The number of rotatable bonds is 0. The molecular formula is C10H9N3O2S2. The van der Waals surface area contributed by atoms with E-state index in [9.17, 15) is 9.59 Å². The van der Waals surface area contributed by atoms with E-state index in [2.05, 4.69) is 15.3 Å². The summed E-state index contributed by atoms with van der Waals surface area (Å²) in [5.41, 5.74) is 0.493. The molecule has 0 aromatic carbocycles. The number of carbonyl (C=O) groups is 1. The molecule has 0 fully saturated rings. The highest BCUT2D eigenvalue weighted by molar-refractivity contribution is 7.99. The van der Waals surface area contributed by atoms with Crippen LogP contribution in [0.1, 0.15) is 15.5 Å². The maximum Gasteiger partial charge on any atom is 0.268 e. The van der Waals surface area contributed by atoms with Crippen molar-refractivity contribution in [2.45, 2.75) is 11.8 Å². The van der Waals surface area contributed by atoms with Crippen LogP contribution in [-0.2, 0) is 0 Å². The van der Waals surface area contributed by atoms with Gasteiger partial charge in [0.05, 0.1) is 4.90 Å². The zero-order valence-electron chi connectivity index (χ0n) is 8.99. The first-order valence-electron chi connectivity index (χ1n) is 5.11. The molecule has 17 heavy (non-hydrogen) atoms. The number of thiophene rings is 1. The molecule has 0 spiro atoms. The van der Waals surface area contributed by atoms with Crippen molar-refractivity contribution in [1.82, 2.24) is 15.3 Å². The molecule has 1 amide bonds. The van der Waals surface area contributed by atoms with Gasteiger partial charge in [-0.25, -0.2) is 4.98 Å². The number of thioether (sulfide) groups is 1. The van der Waals surface area contributed by atoms with Gasteiger partial charge in [0.1, 0.15) is 20.9 Å². The van der Waals surface area contributed by atoms with Crippen LogP contribution in [0.25, 0.3) is 10.2 Å². The highest BCUT2D eigenvalue weighted by atomic mass is 32.2. The van der Waals surface area contributed by atoms with E-state index >= 15 is 0 Å². The molecule has 7 heteroatoms. The second-order valence-corrected chi connectivity index (χ2v) is 5.82. The molecular weight excluding hydrogens is 258 g/mol. The summed E-state index contributed by atoms with van der Waals surface area (Å²) in [6.07, 6.45) is 0. The number of fused-ring (bicyclic) bond motifs is 3. The van der Waals surface area contributed by atoms with E-state index in [1.165, 1.54) is 11.3 Å². The van der Waals surface area contributed by atoms with Crippen molar-refractivity contribution in [1.29, 1.82) is 0 Å². The second kappa shape index (κ2) is 3.85. The fraction of sp³-hybridized carbons (Fsp3) is 0.300. The van der Waals surface area contributed by atoms with Gasteiger partial charge in [0.2, 0.25) is 0 Å². The molecule has 1 aliphatic rings. The van der Waals surface area contributed by atoms with Gasteiger partial charge in [-0.3, -0.25) is 9.59 Å². The first-order chi connectivity index (χ1) is 8.16. The Morgan fingerprint density at radius 1 is 1.35 bits per heavy atom. The minimum absolute atomic E-state index is 0.106. The van der Waals surface area contributed by atoms with Crippen LogP contribution < -0.4 is 10.9 Å². The zero-order chi connectivity index (χ0) is 12.0. The van der Waals surface area contributed by atoms with E-state index in [-0.39, 0.29) is 11.5 Å². The summed E-state index contributed by atoms with van der Waals surface area (Å²) in [5, 5.41) is 2.81. The Morgan fingerprint density at radius 3 is 3.00 bits per heavy atom. The molecule has 0 atom stereocenters. The maximum atomic E-state index is 11.8. The molecule has 2 N–H and O–H groups in total. The highest BCUT2D eigenvalue weighted by Crippen LogP contribution is 2.36. The number of aromatic nitrogens is 2. The van der Waals surface area contributed by atoms with Gasteiger partial charge in [-0.1, -0.05) is 0 Å². The van der Waals surface area contributed by atoms with E-state index in [4.69, 9.17) is 0 Å². The van der Waals surface area contributed by atoms with Gasteiger partial charge in [0.25, 0.3) is 11.5 Å². The number of amides is 1. The Bertz CT molecular complexity index is 674. The number of aryl methyl sites for hydroxylation is 1. The molecule has 0 radical (unpaired) electrons. The first-order valence-corrected chi connectivity index (χ1v) is 6.91. The summed E-state index contributed by atoms with van der Waals surface area (Å²) in [6, 6.07) is 0. The molecule has 1 aliphatic heterocycles. The molecule has 2 aromatic rings. The van der Waals surface area contributed by atoms with Gasteiger partial charge in [-0.15, -0.1) is 23.1 Å². The lowest BCUT2D eigenvalue weighted by Crippen LogP contribution is -2.23. The van der Waals surface area contributed by atoms with Crippen molar-refractivity contribution in [3.8, 4) is 0 Å². The summed E-state index contributed by atoms with van der Waals surface area (Å²) in [5.74, 6) is 1.27. The van der Waals surface area contributed by atoms with Gasteiger partial charge in [0, 0.05) is 12.3 Å². The number of hydrogen-bond acceptors (Lipinski definition) is 5. The molecule has 3 heterocycles. The average Bonchev–Trinajstić information content (AvgIpc) is 2.53. The van der Waals surface area contributed by atoms with E-state index in [1.807, 2.05) is 0 Å². The third-order valence-electron chi connectivity index (χ3n) is 2.46. The van der Waals surface area contributed by atoms with Crippen molar-refractivity contribution < 1.29 is 4.79 Å². The number of carbonyl (C=O) groups excluding carboxylic acids is 1. The minimum atomic E-state index is -0.168. The van der Waals surface area contributed by atoms with Crippen molar-refractivity contribution in [3.05, 3.63) is 21.1 Å². The Morgan fingerprint density at radius 2 is 2.18 bits per heavy atom. The normalized spacial score (nSPS) is 15.5. The average molecular weight is 267 g/mol. The number of H-pyrrole nitrogens is 1. The molecule has 0 bridgehead atoms. The van der Waals surface area contributed by atoms with Crippen LogP contribution in [0, 0.1) is 6.92 Å². The summed E-state index contributed by atoms with van der Waals surface area (Å²) < 4.78 is 0.533. The van der Waals surface area contributed by atoms with Gasteiger partial charge in [-0.2, -0.15) is 0 Å². The minimum Gasteiger partial charge on any atom is -0.350 e. The van der Waals surface area contributed by atoms with Crippen LogP contribution in [0.4, 0.5) is 0 Å². The smallest absolute Gasteiger partial charge is 0.268 e. The molecule has 0 aliphatic carbocycles. The van der Waals surface area contributed by atoms with Crippen LogP contribution in [-0.4, -0.2) is 28.2 Å². The molecule has 2 aromatic heterocycles. The lowest BCUT2D eigenvalue weighted by molar-refractivity contribution is 0.0959. The quantitative estimate of drug-likeness (QED) is 0.750.